The first-order valence-electron chi connectivity index (χ1n) is 10.9. The highest BCUT2D eigenvalue weighted by molar-refractivity contribution is 7.90. The van der Waals surface area contributed by atoms with Gasteiger partial charge in [-0.1, -0.05) is 18.2 Å². The van der Waals surface area contributed by atoms with Crippen molar-refractivity contribution in [1.82, 2.24) is 19.6 Å². The maximum atomic E-state index is 13.3. The Morgan fingerprint density at radius 2 is 1.84 bits per heavy atom. The molecule has 0 N–H and O–H groups in total. The number of hydrogen-bond acceptors (Lipinski definition) is 6. The van der Waals surface area contributed by atoms with Crippen LogP contribution in [0.2, 0.25) is 0 Å². The van der Waals surface area contributed by atoms with Crippen molar-refractivity contribution in [3.63, 3.8) is 0 Å². The van der Waals surface area contributed by atoms with Crippen LogP contribution in [0.15, 0.2) is 29.2 Å². The van der Waals surface area contributed by atoms with Gasteiger partial charge in [0.1, 0.15) is 0 Å². The van der Waals surface area contributed by atoms with Crippen molar-refractivity contribution in [2.45, 2.75) is 30.0 Å². The number of rotatable bonds is 3. The fraction of sp³-hybridized carbons (Fsp3) is 0.545. The van der Waals surface area contributed by atoms with E-state index in [9.17, 15) is 13.2 Å². The van der Waals surface area contributed by atoms with Crippen LogP contribution in [-0.2, 0) is 26.9 Å². The second-order valence-electron chi connectivity index (χ2n) is 8.76. The number of hydrogen-bond donors (Lipinski definition) is 0. The van der Waals surface area contributed by atoms with Gasteiger partial charge < -0.3 is 14.5 Å². The van der Waals surface area contributed by atoms with E-state index in [-0.39, 0.29) is 17.4 Å². The molecule has 166 valence electrons. The third kappa shape index (κ3) is 3.79. The lowest BCUT2D eigenvalue weighted by Gasteiger charge is -2.29. The lowest BCUT2D eigenvalue weighted by molar-refractivity contribution is 0.0297. The molecule has 8 nitrogen and oxygen atoms in total. The highest BCUT2D eigenvalue weighted by Gasteiger charge is 2.37. The SMILES string of the molecule is CN1CCC(Cn2nc(C(=O)N3CCOCC3)c3c2-c2ccccc2S(=O)(=O)C3)CC1. The molecular weight excluding hydrogens is 416 g/mol. The van der Waals surface area contributed by atoms with Crippen LogP contribution >= 0.6 is 0 Å². The van der Waals surface area contributed by atoms with Crippen molar-refractivity contribution in [3.05, 3.63) is 35.5 Å². The average molecular weight is 445 g/mol. The number of amides is 1. The Hall–Kier alpha value is -2.23. The molecule has 5 rings (SSSR count). The summed E-state index contributed by atoms with van der Waals surface area (Å²) >= 11 is 0. The average Bonchev–Trinajstić information content (AvgIpc) is 3.12. The number of carbonyl (C=O) groups excluding carboxylic acids is 1. The van der Waals surface area contributed by atoms with E-state index < -0.39 is 9.84 Å². The van der Waals surface area contributed by atoms with E-state index >= 15 is 0 Å². The summed E-state index contributed by atoms with van der Waals surface area (Å²) in [4.78, 5) is 17.7. The van der Waals surface area contributed by atoms with Crippen LogP contribution in [0.4, 0.5) is 0 Å². The van der Waals surface area contributed by atoms with Crippen LogP contribution in [0.25, 0.3) is 11.3 Å². The second kappa shape index (κ2) is 8.03. The number of benzene rings is 1. The summed E-state index contributed by atoms with van der Waals surface area (Å²) in [5, 5.41) is 4.75. The Bertz CT molecular complexity index is 1100. The first-order valence-corrected chi connectivity index (χ1v) is 12.6. The molecule has 0 atom stereocenters. The molecule has 9 heteroatoms. The third-order valence-electron chi connectivity index (χ3n) is 6.63. The lowest BCUT2D eigenvalue weighted by Crippen LogP contribution is -2.41. The molecule has 0 spiro atoms. The van der Waals surface area contributed by atoms with Crippen molar-refractivity contribution < 1.29 is 17.9 Å². The minimum Gasteiger partial charge on any atom is -0.378 e. The lowest BCUT2D eigenvalue weighted by atomic mass is 9.97. The molecule has 3 aliphatic rings. The third-order valence-corrected chi connectivity index (χ3v) is 8.33. The van der Waals surface area contributed by atoms with Gasteiger partial charge in [-0.05, 0) is 45.0 Å². The highest BCUT2D eigenvalue weighted by atomic mass is 32.2. The number of morpholine rings is 1. The quantitative estimate of drug-likeness (QED) is 0.716. The standard InChI is InChI=1S/C22H28N4O4S/c1-24-8-6-16(7-9-24)14-26-21-17-4-2-3-5-19(17)31(28,29)15-18(21)20(23-26)22(27)25-10-12-30-13-11-25/h2-5,16H,6-15H2,1H3. The molecule has 0 bridgehead atoms. The number of piperidine rings is 1. The van der Waals surface area contributed by atoms with E-state index in [0.717, 1.165) is 31.6 Å². The number of carbonyl (C=O) groups is 1. The van der Waals surface area contributed by atoms with Crippen molar-refractivity contribution >= 4 is 15.7 Å². The van der Waals surface area contributed by atoms with E-state index in [1.165, 1.54) is 0 Å². The van der Waals surface area contributed by atoms with Gasteiger partial charge in [-0.15, -0.1) is 0 Å². The van der Waals surface area contributed by atoms with E-state index in [2.05, 4.69) is 11.9 Å². The summed E-state index contributed by atoms with van der Waals surface area (Å²) in [7, 11) is -1.39. The maximum Gasteiger partial charge on any atom is 0.274 e. The first-order chi connectivity index (χ1) is 14.9. The van der Waals surface area contributed by atoms with Gasteiger partial charge in [-0.25, -0.2) is 8.42 Å². The zero-order valence-electron chi connectivity index (χ0n) is 17.8. The molecule has 2 aromatic rings. The van der Waals surface area contributed by atoms with E-state index in [1.54, 1.807) is 17.0 Å². The predicted octanol–water partition coefficient (Wildman–Crippen LogP) is 1.65. The van der Waals surface area contributed by atoms with Gasteiger partial charge in [0, 0.05) is 30.8 Å². The molecule has 2 fully saturated rings. The summed E-state index contributed by atoms with van der Waals surface area (Å²) in [6.45, 7) is 4.76. The fourth-order valence-corrected chi connectivity index (χ4v) is 6.44. The van der Waals surface area contributed by atoms with Gasteiger partial charge in [0.2, 0.25) is 0 Å². The molecule has 1 aromatic heterocycles. The van der Waals surface area contributed by atoms with Crippen LogP contribution in [0.3, 0.4) is 0 Å². The minimum absolute atomic E-state index is 0.182. The molecule has 3 aliphatic heterocycles. The topological polar surface area (TPSA) is 84.7 Å². The largest absolute Gasteiger partial charge is 0.378 e. The second-order valence-corrected chi connectivity index (χ2v) is 10.7. The fourth-order valence-electron chi connectivity index (χ4n) is 4.85. The van der Waals surface area contributed by atoms with Gasteiger partial charge >= 0.3 is 0 Å². The minimum atomic E-state index is -3.52. The van der Waals surface area contributed by atoms with E-state index in [0.29, 0.717) is 54.8 Å². The molecule has 0 radical (unpaired) electrons. The number of sulfone groups is 1. The van der Waals surface area contributed by atoms with E-state index in [4.69, 9.17) is 9.84 Å². The van der Waals surface area contributed by atoms with Crippen molar-refractivity contribution in [2.24, 2.45) is 5.92 Å². The van der Waals surface area contributed by atoms with Gasteiger partial charge in [0.15, 0.2) is 15.5 Å². The van der Waals surface area contributed by atoms with Gasteiger partial charge in [-0.3, -0.25) is 9.48 Å². The van der Waals surface area contributed by atoms with Gasteiger partial charge in [0.05, 0.1) is 29.6 Å². The molecule has 4 heterocycles. The summed E-state index contributed by atoms with van der Waals surface area (Å²) in [5.74, 6) is 0.0755. The molecule has 1 aromatic carbocycles. The normalized spacial score (nSPS) is 21.5. The number of likely N-dealkylation sites (tertiary alicyclic amines) is 1. The molecular formula is C22H28N4O4S. The number of aromatic nitrogens is 2. The van der Waals surface area contributed by atoms with Crippen LogP contribution in [0, 0.1) is 5.92 Å². The highest BCUT2D eigenvalue weighted by Crippen LogP contribution is 2.40. The van der Waals surface area contributed by atoms with E-state index in [1.807, 2.05) is 16.8 Å². The number of fused-ring (bicyclic) bond motifs is 3. The Kier molecular flexibility index (Phi) is 5.35. The van der Waals surface area contributed by atoms with Crippen LogP contribution in [0.5, 0.6) is 0 Å². The Morgan fingerprint density at radius 1 is 1.13 bits per heavy atom. The molecule has 1 amide bonds. The van der Waals surface area contributed by atoms with Crippen LogP contribution < -0.4 is 0 Å². The summed E-state index contributed by atoms with van der Waals surface area (Å²) in [6, 6.07) is 7.09. The summed E-state index contributed by atoms with van der Waals surface area (Å²) < 4.78 is 33.4. The number of nitrogens with zero attached hydrogens (tertiary/aromatic N) is 4. The zero-order valence-corrected chi connectivity index (χ0v) is 18.6. The molecule has 2 saturated heterocycles. The predicted molar refractivity (Wildman–Crippen MR) is 115 cm³/mol. The Morgan fingerprint density at radius 3 is 2.58 bits per heavy atom. The van der Waals surface area contributed by atoms with Gasteiger partial charge in [-0.2, -0.15) is 5.10 Å². The first kappa shape index (κ1) is 20.7. The van der Waals surface area contributed by atoms with Crippen LogP contribution in [-0.4, -0.2) is 80.3 Å². The van der Waals surface area contributed by atoms with Crippen LogP contribution in [0.1, 0.15) is 28.9 Å². The monoisotopic (exact) mass is 444 g/mol. The van der Waals surface area contributed by atoms with Crippen molar-refractivity contribution in [3.8, 4) is 11.3 Å². The summed E-state index contributed by atoms with van der Waals surface area (Å²) in [6.07, 6.45) is 2.13. The maximum absolute atomic E-state index is 13.3. The molecule has 0 aliphatic carbocycles. The zero-order chi connectivity index (χ0) is 21.6. The molecule has 31 heavy (non-hydrogen) atoms. The van der Waals surface area contributed by atoms with Crippen molar-refractivity contribution in [2.75, 3.05) is 46.4 Å². The Labute approximate surface area is 182 Å². The Balaban J connectivity index is 1.59. The molecule has 0 saturated carbocycles. The van der Waals surface area contributed by atoms with Gasteiger partial charge in [0.25, 0.3) is 5.91 Å². The summed E-state index contributed by atoms with van der Waals surface area (Å²) in [5.41, 5.74) is 2.28. The number of ether oxygens (including phenoxy) is 1. The van der Waals surface area contributed by atoms with Crippen molar-refractivity contribution in [1.29, 1.82) is 0 Å². The molecule has 0 unspecified atom stereocenters. The smallest absolute Gasteiger partial charge is 0.274 e.